The summed E-state index contributed by atoms with van der Waals surface area (Å²) in [5.41, 5.74) is 0. The van der Waals surface area contributed by atoms with Crippen molar-refractivity contribution in [3.05, 3.63) is 24.8 Å². The van der Waals surface area contributed by atoms with E-state index in [-0.39, 0.29) is 5.91 Å². The molecule has 1 amide bonds. The van der Waals surface area contributed by atoms with Crippen molar-refractivity contribution in [2.75, 3.05) is 6.54 Å². The molecule has 0 aliphatic heterocycles. The molecule has 0 spiro atoms. The van der Waals surface area contributed by atoms with Crippen LogP contribution in [0.15, 0.2) is 24.8 Å². The summed E-state index contributed by atoms with van der Waals surface area (Å²) in [6.45, 7) is 6.27. The van der Waals surface area contributed by atoms with Gasteiger partial charge < -0.3 is 4.90 Å². The Hall–Kier alpha value is -1.05. The SMILES string of the molecule is C=CCN(C(=O)/C=C/C)C1CCCCC1. The minimum absolute atomic E-state index is 0.129. The van der Waals surface area contributed by atoms with Crippen LogP contribution < -0.4 is 0 Å². The van der Waals surface area contributed by atoms with Gasteiger partial charge in [0.1, 0.15) is 0 Å². The highest BCUT2D eigenvalue weighted by molar-refractivity contribution is 5.87. The van der Waals surface area contributed by atoms with Gasteiger partial charge in [-0.05, 0) is 25.8 Å². The number of hydrogen-bond donors (Lipinski definition) is 0. The number of rotatable bonds is 4. The molecule has 0 bridgehead atoms. The maximum absolute atomic E-state index is 11.8. The summed E-state index contributed by atoms with van der Waals surface area (Å²) < 4.78 is 0. The lowest BCUT2D eigenvalue weighted by molar-refractivity contribution is -0.128. The maximum Gasteiger partial charge on any atom is 0.246 e. The topological polar surface area (TPSA) is 20.3 Å². The van der Waals surface area contributed by atoms with Gasteiger partial charge in [-0.25, -0.2) is 0 Å². The van der Waals surface area contributed by atoms with Gasteiger partial charge in [0.2, 0.25) is 5.91 Å². The average molecular weight is 207 g/mol. The molecule has 1 fully saturated rings. The molecule has 0 unspecified atom stereocenters. The first kappa shape index (κ1) is 12.0. The van der Waals surface area contributed by atoms with E-state index in [0.29, 0.717) is 12.6 Å². The molecule has 0 radical (unpaired) electrons. The third kappa shape index (κ3) is 3.54. The van der Waals surface area contributed by atoms with Crippen LogP contribution in [0.5, 0.6) is 0 Å². The molecule has 0 heterocycles. The Balaban J connectivity index is 2.62. The third-order valence-corrected chi connectivity index (χ3v) is 2.93. The third-order valence-electron chi connectivity index (χ3n) is 2.93. The normalized spacial score (nSPS) is 17.9. The second-order valence-electron chi connectivity index (χ2n) is 4.07. The van der Waals surface area contributed by atoms with Crippen molar-refractivity contribution in [2.24, 2.45) is 0 Å². The summed E-state index contributed by atoms with van der Waals surface area (Å²) in [5, 5.41) is 0. The summed E-state index contributed by atoms with van der Waals surface area (Å²) in [7, 11) is 0. The maximum atomic E-state index is 11.8. The van der Waals surface area contributed by atoms with Crippen molar-refractivity contribution in [3.8, 4) is 0 Å². The van der Waals surface area contributed by atoms with E-state index >= 15 is 0 Å². The Morgan fingerprint density at radius 1 is 1.40 bits per heavy atom. The predicted molar refractivity (Wildman–Crippen MR) is 63.6 cm³/mol. The Kier molecular flexibility index (Phi) is 5.16. The molecule has 0 aromatic carbocycles. The zero-order valence-corrected chi connectivity index (χ0v) is 9.61. The average Bonchev–Trinajstić information content (AvgIpc) is 2.27. The second-order valence-corrected chi connectivity index (χ2v) is 4.07. The molecule has 1 rings (SSSR count). The van der Waals surface area contributed by atoms with Gasteiger partial charge in [0, 0.05) is 12.6 Å². The van der Waals surface area contributed by atoms with Crippen molar-refractivity contribution < 1.29 is 4.79 Å². The van der Waals surface area contributed by atoms with Gasteiger partial charge in [-0.2, -0.15) is 0 Å². The van der Waals surface area contributed by atoms with Gasteiger partial charge in [0.05, 0.1) is 0 Å². The van der Waals surface area contributed by atoms with Gasteiger partial charge in [-0.1, -0.05) is 31.4 Å². The van der Waals surface area contributed by atoms with Gasteiger partial charge in [-0.15, -0.1) is 6.58 Å². The number of nitrogens with zero attached hydrogens (tertiary/aromatic N) is 1. The van der Waals surface area contributed by atoms with Crippen LogP contribution >= 0.6 is 0 Å². The molecule has 15 heavy (non-hydrogen) atoms. The fourth-order valence-corrected chi connectivity index (χ4v) is 2.19. The number of amides is 1. The lowest BCUT2D eigenvalue weighted by atomic mass is 9.94. The van der Waals surface area contributed by atoms with E-state index in [9.17, 15) is 4.79 Å². The van der Waals surface area contributed by atoms with E-state index in [0.717, 1.165) is 12.8 Å². The van der Waals surface area contributed by atoms with Gasteiger partial charge >= 0.3 is 0 Å². The molecule has 0 atom stereocenters. The highest BCUT2D eigenvalue weighted by Gasteiger charge is 2.22. The van der Waals surface area contributed by atoms with Crippen LogP contribution in [0, 0.1) is 0 Å². The lowest BCUT2D eigenvalue weighted by Gasteiger charge is -2.33. The van der Waals surface area contributed by atoms with Crippen molar-refractivity contribution in [1.82, 2.24) is 4.90 Å². The molecule has 1 aliphatic rings. The zero-order chi connectivity index (χ0) is 11.1. The van der Waals surface area contributed by atoms with Crippen LogP contribution in [0.4, 0.5) is 0 Å². The van der Waals surface area contributed by atoms with E-state index in [2.05, 4.69) is 6.58 Å². The number of hydrogen-bond acceptors (Lipinski definition) is 1. The molecule has 0 saturated heterocycles. The summed E-state index contributed by atoms with van der Waals surface area (Å²) >= 11 is 0. The first-order chi connectivity index (χ1) is 7.29. The fourth-order valence-electron chi connectivity index (χ4n) is 2.19. The van der Waals surface area contributed by atoms with E-state index in [1.165, 1.54) is 19.3 Å². The molecule has 0 aromatic rings. The van der Waals surface area contributed by atoms with Crippen LogP contribution in [-0.4, -0.2) is 23.4 Å². The number of carbonyl (C=O) groups is 1. The van der Waals surface area contributed by atoms with E-state index in [1.54, 1.807) is 12.2 Å². The zero-order valence-electron chi connectivity index (χ0n) is 9.61. The minimum Gasteiger partial charge on any atom is -0.332 e. The van der Waals surface area contributed by atoms with Crippen molar-refractivity contribution in [3.63, 3.8) is 0 Å². The minimum atomic E-state index is 0.129. The van der Waals surface area contributed by atoms with Crippen LogP contribution in [0.2, 0.25) is 0 Å². The summed E-state index contributed by atoms with van der Waals surface area (Å²) in [6, 6.07) is 0.431. The smallest absolute Gasteiger partial charge is 0.246 e. The Morgan fingerprint density at radius 3 is 2.60 bits per heavy atom. The lowest BCUT2D eigenvalue weighted by Crippen LogP contribution is -2.40. The second kappa shape index (κ2) is 6.44. The summed E-state index contributed by atoms with van der Waals surface area (Å²) in [6.07, 6.45) is 11.4. The molecule has 0 N–H and O–H groups in total. The van der Waals surface area contributed by atoms with Gasteiger partial charge in [-0.3, -0.25) is 4.79 Å². The van der Waals surface area contributed by atoms with E-state index in [4.69, 9.17) is 0 Å². The highest BCUT2D eigenvalue weighted by atomic mass is 16.2. The molecule has 2 heteroatoms. The van der Waals surface area contributed by atoms with Crippen LogP contribution in [0.1, 0.15) is 39.0 Å². The Labute approximate surface area is 92.7 Å². The Bertz CT molecular complexity index is 239. The first-order valence-corrected chi connectivity index (χ1v) is 5.83. The summed E-state index contributed by atoms with van der Waals surface area (Å²) in [4.78, 5) is 13.8. The van der Waals surface area contributed by atoms with Gasteiger partial charge in [0.25, 0.3) is 0 Å². The van der Waals surface area contributed by atoms with E-state index < -0.39 is 0 Å². The molecular weight excluding hydrogens is 186 g/mol. The molecule has 2 nitrogen and oxygen atoms in total. The van der Waals surface area contributed by atoms with Gasteiger partial charge in [0.15, 0.2) is 0 Å². The summed E-state index contributed by atoms with van der Waals surface area (Å²) in [5.74, 6) is 0.129. The van der Waals surface area contributed by atoms with Crippen molar-refractivity contribution in [2.45, 2.75) is 45.1 Å². The largest absolute Gasteiger partial charge is 0.332 e. The molecule has 1 saturated carbocycles. The van der Waals surface area contributed by atoms with Crippen molar-refractivity contribution >= 4 is 5.91 Å². The Morgan fingerprint density at radius 2 is 2.07 bits per heavy atom. The standard InChI is InChI=1S/C13H21NO/c1-3-8-13(15)14(11-4-2)12-9-6-5-7-10-12/h3-4,8,12H,2,5-7,9-11H2,1H3/b8-3+. The molecular formula is C13H21NO. The van der Waals surface area contributed by atoms with Crippen LogP contribution in [-0.2, 0) is 4.79 Å². The molecule has 1 aliphatic carbocycles. The highest BCUT2D eigenvalue weighted by Crippen LogP contribution is 2.22. The molecule has 0 aromatic heterocycles. The number of carbonyl (C=O) groups excluding carboxylic acids is 1. The number of allylic oxidation sites excluding steroid dienone is 1. The first-order valence-electron chi connectivity index (χ1n) is 5.83. The van der Waals surface area contributed by atoms with Crippen LogP contribution in [0.25, 0.3) is 0 Å². The monoisotopic (exact) mass is 207 g/mol. The van der Waals surface area contributed by atoms with Crippen LogP contribution in [0.3, 0.4) is 0 Å². The fraction of sp³-hybridized carbons (Fsp3) is 0.615. The van der Waals surface area contributed by atoms with E-state index in [1.807, 2.05) is 17.9 Å². The quantitative estimate of drug-likeness (QED) is 0.512. The predicted octanol–water partition coefficient (Wildman–Crippen LogP) is 2.91. The van der Waals surface area contributed by atoms with Crippen molar-refractivity contribution in [1.29, 1.82) is 0 Å². The molecule has 84 valence electrons.